The lowest BCUT2D eigenvalue weighted by Crippen LogP contribution is -2.60. The molecular formula is C33H32N2O2S. The van der Waals surface area contributed by atoms with E-state index in [4.69, 9.17) is 0 Å². The summed E-state index contributed by atoms with van der Waals surface area (Å²) < 4.78 is 0. The van der Waals surface area contributed by atoms with Crippen molar-refractivity contribution in [3.05, 3.63) is 106 Å². The van der Waals surface area contributed by atoms with E-state index < -0.39 is 11.0 Å². The van der Waals surface area contributed by atoms with Crippen molar-refractivity contribution in [2.75, 3.05) is 16.9 Å². The minimum absolute atomic E-state index is 0.0356. The highest BCUT2D eigenvalue weighted by atomic mass is 32.2. The molecule has 0 unspecified atom stereocenters. The van der Waals surface area contributed by atoms with Gasteiger partial charge < -0.3 is 5.32 Å². The molecule has 4 atom stereocenters. The summed E-state index contributed by atoms with van der Waals surface area (Å²) in [5.41, 5.74) is 5.37. The molecule has 1 amide bonds. The average molecular weight is 521 g/mol. The molecule has 0 radical (unpaired) electrons. The summed E-state index contributed by atoms with van der Waals surface area (Å²) in [5, 5.41) is 3.23. The highest BCUT2D eigenvalue weighted by Crippen LogP contribution is 2.70. The van der Waals surface area contributed by atoms with Gasteiger partial charge in [-0.15, -0.1) is 11.8 Å². The monoisotopic (exact) mass is 520 g/mol. The fraction of sp³-hybridized carbons (Fsp3) is 0.333. The number of amides is 1. The Bertz CT molecular complexity index is 1510. The third-order valence-corrected chi connectivity index (χ3v) is 10.3. The molecule has 3 heterocycles. The van der Waals surface area contributed by atoms with Gasteiger partial charge in [-0.1, -0.05) is 77.9 Å². The summed E-state index contributed by atoms with van der Waals surface area (Å²) in [5.74, 6) is 1.72. The van der Waals surface area contributed by atoms with Crippen LogP contribution in [0.4, 0.5) is 5.69 Å². The number of fused-ring (bicyclic) bond motifs is 5. The highest BCUT2D eigenvalue weighted by molar-refractivity contribution is 7.99. The van der Waals surface area contributed by atoms with Crippen LogP contribution >= 0.6 is 11.8 Å². The highest BCUT2D eigenvalue weighted by Gasteiger charge is 2.77. The maximum absolute atomic E-state index is 15.2. The number of benzene rings is 3. The summed E-state index contributed by atoms with van der Waals surface area (Å²) in [6.45, 7) is 4.20. The standard InChI is InChI=1S/C33H32N2O2S/c1-21-8-5-10-23(16-21)18-25-12-7-15-32(30(25)36)29(24-11-6-9-22(2)17-24)28-19-38-20-35(28)33(32)26-13-3-4-14-27(26)34-31(33)37/h3-6,8-11,13-14,16-18,28-29H,7,12,15,19-20H2,1-2H3,(H,34,37)/b25-18+/t28-,29-,32-,33-/m0/s1. The number of carbonyl (C=O) groups is 2. The number of hydrogen-bond acceptors (Lipinski definition) is 4. The van der Waals surface area contributed by atoms with E-state index in [1.807, 2.05) is 36.0 Å². The largest absolute Gasteiger partial charge is 0.324 e. The van der Waals surface area contributed by atoms with Crippen molar-refractivity contribution >= 4 is 35.2 Å². The maximum atomic E-state index is 15.2. The lowest BCUT2D eigenvalue weighted by Gasteiger charge is -2.49. The third-order valence-electron chi connectivity index (χ3n) is 9.30. The number of carbonyl (C=O) groups excluding carboxylic acids is 2. The number of para-hydroxylation sites is 1. The molecule has 192 valence electrons. The van der Waals surface area contributed by atoms with Crippen LogP contribution in [0, 0.1) is 19.3 Å². The van der Waals surface area contributed by atoms with Crippen molar-refractivity contribution in [1.29, 1.82) is 0 Å². The Morgan fingerprint density at radius 3 is 2.58 bits per heavy atom. The summed E-state index contributed by atoms with van der Waals surface area (Å²) in [6.07, 6.45) is 4.42. The molecule has 1 N–H and O–H groups in total. The molecule has 3 fully saturated rings. The Hall–Kier alpha value is -3.15. The second-order valence-corrected chi connectivity index (χ2v) is 12.4. The Kier molecular flexibility index (Phi) is 5.47. The summed E-state index contributed by atoms with van der Waals surface area (Å²) in [6, 6.07) is 25.2. The molecule has 3 aromatic carbocycles. The zero-order valence-electron chi connectivity index (χ0n) is 21.9. The van der Waals surface area contributed by atoms with Gasteiger partial charge in [-0.2, -0.15) is 0 Å². The molecular weight excluding hydrogens is 488 g/mol. The second kappa shape index (κ2) is 8.69. The van der Waals surface area contributed by atoms with Gasteiger partial charge >= 0.3 is 0 Å². The third kappa shape index (κ3) is 3.09. The van der Waals surface area contributed by atoms with Crippen molar-refractivity contribution in [1.82, 2.24) is 4.90 Å². The van der Waals surface area contributed by atoms with Crippen LogP contribution in [-0.4, -0.2) is 34.3 Å². The Balaban J connectivity index is 1.52. The number of anilines is 1. The van der Waals surface area contributed by atoms with Gasteiger partial charge in [0.25, 0.3) is 5.91 Å². The Labute approximate surface area is 228 Å². The van der Waals surface area contributed by atoms with Crippen LogP contribution in [0.1, 0.15) is 53.0 Å². The molecule has 4 nitrogen and oxygen atoms in total. The first-order chi connectivity index (χ1) is 18.5. The number of allylic oxidation sites excluding steroid dienone is 1. The van der Waals surface area contributed by atoms with Crippen molar-refractivity contribution < 1.29 is 9.59 Å². The Morgan fingerprint density at radius 1 is 0.974 bits per heavy atom. The smallest absolute Gasteiger partial charge is 0.250 e. The number of rotatable bonds is 2. The van der Waals surface area contributed by atoms with Crippen LogP contribution in [-0.2, 0) is 15.1 Å². The van der Waals surface area contributed by atoms with Crippen LogP contribution in [0.15, 0.2) is 78.4 Å². The quantitative estimate of drug-likeness (QED) is 0.395. The first kappa shape index (κ1) is 23.9. The minimum Gasteiger partial charge on any atom is -0.324 e. The molecule has 38 heavy (non-hydrogen) atoms. The van der Waals surface area contributed by atoms with Gasteiger partial charge in [0.05, 0.1) is 5.41 Å². The van der Waals surface area contributed by atoms with Gasteiger partial charge in [-0.25, -0.2) is 0 Å². The van der Waals surface area contributed by atoms with Gasteiger partial charge in [0.15, 0.2) is 5.78 Å². The molecule has 2 saturated heterocycles. The van der Waals surface area contributed by atoms with Crippen molar-refractivity contribution in [3.63, 3.8) is 0 Å². The van der Waals surface area contributed by atoms with E-state index >= 15 is 4.79 Å². The van der Waals surface area contributed by atoms with E-state index in [1.165, 1.54) is 16.7 Å². The Morgan fingerprint density at radius 2 is 1.76 bits per heavy atom. The van der Waals surface area contributed by atoms with Crippen LogP contribution in [0.25, 0.3) is 6.08 Å². The molecule has 3 aliphatic heterocycles. The van der Waals surface area contributed by atoms with Crippen LogP contribution < -0.4 is 5.32 Å². The van der Waals surface area contributed by atoms with Crippen LogP contribution in [0.2, 0.25) is 0 Å². The zero-order chi connectivity index (χ0) is 26.1. The van der Waals surface area contributed by atoms with E-state index in [9.17, 15) is 4.79 Å². The van der Waals surface area contributed by atoms with E-state index in [1.54, 1.807) is 0 Å². The number of nitrogens with zero attached hydrogens (tertiary/aromatic N) is 1. The average Bonchev–Trinajstić information content (AvgIpc) is 3.55. The lowest BCUT2D eigenvalue weighted by molar-refractivity contribution is -0.145. The fourth-order valence-corrected chi connectivity index (χ4v) is 9.34. The predicted octanol–water partition coefficient (Wildman–Crippen LogP) is 6.45. The lowest BCUT2D eigenvalue weighted by atomic mass is 9.52. The van der Waals surface area contributed by atoms with Gasteiger partial charge in [0, 0.05) is 34.8 Å². The molecule has 2 spiro atoms. The SMILES string of the molecule is Cc1cccc(/C=C2\CCC[C@@]3(C2=O)[C@@H](c2cccc(C)c2)[C@@H]2CSCN2[C@@]32C(=O)Nc3ccccc32)c1. The van der Waals surface area contributed by atoms with Gasteiger partial charge in [-0.05, 0) is 62.0 Å². The van der Waals surface area contributed by atoms with Crippen LogP contribution in [0.3, 0.4) is 0 Å². The summed E-state index contributed by atoms with van der Waals surface area (Å²) in [7, 11) is 0. The van der Waals surface area contributed by atoms with E-state index in [2.05, 4.69) is 78.7 Å². The molecule has 1 aliphatic carbocycles. The normalized spacial score (nSPS) is 31.3. The van der Waals surface area contributed by atoms with E-state index in [0.29, 0.717) is 6.42 Å². The first-order valence-corrected chi connectivity index (χ1v) is 14.8. The first-order valence-electron chi connectivity index (χ1n) is 13.6. The molecule has 7 rings (SSSR count). The van der Waals surface area contributed by atoms with Crippen LogP contribution in [0.5, 0.6) is 0 Å². The minimum atomic E-state index is -1.02. The molecule has 5 heteroatoms. The molecule has 1 saturated carbocycles. The fourth-order valence-electron chi connectivity index (χ4n) is 8.04. The summed E-state index contributed by atoms with van der Waals surface area (Å²) in [4.78, 5) is 32.0. The molecule has 4 aliphatic rings. The van der Waals surface area contributed by atoms with Crippen molar-refractivity contribution in [3.8, 4) is 0 Å². The number of hydrogen-bond donors (Lipinski definition) is 1. The van der Waals surface area contributed by atoms with E-state index in [0.717, 1.165) is 46.9 Å². The number of ketones is 1. The predicted molar refractivity (Wildman–Crippen MR) is 154 cm³/mol. The number of aryl methyl sites for hydroxylation is 2. The molecule has 3 aromatic rings. The van der Waals surface area contributed by atoms with E-state index in [-0.39, 0.29) is 23.7 Å². The second-order valence-electron chi connectivity index (χ2n) is 11.4. The number of nitrogens with one attached hydrogen (secondary N) is 1. The molecule has 0 aromatic heterocycles. The molecule has 0 bridgehead atoms. The maximum Gasteiger partial charge on any atom is 0.250 e. The zero-order valence-corrected chi connectivity index (χ0v) is 22.7. The van der Waals surface area contributed by atoms with Crippen molar-refractivity contribution in [2.24, 2.45) is 5.41 Å². The summed E-state index contributed by atoms with van der Waals surface area (Å²) >= 11 is 1.88. The van der Waals surface area contributed by atoms with Gasteiger partial charge in [0.1, 0.15) is 5.54 Å². The van der Waals surface area contributed by atoms with Gasteiger partial charge in [0.2, 0.25) is 0 Å². The number of Topliss-reactive ketones (excluding diaryl/α,β-unsaturated/α-hetero) is 1. The topological polar surface area (TPSA) is 49.4 Å². The van der Waals surface area contributed by atoms with Crippen molar-refractivity contribution in [2.45, 2.75) is 50.6 Å². The number of thioether (sulfide) groups is 1. The van der Waals surface area contributed by atoms with Gasteiger partial charge in [-0.3, -0.25) is 14.5 Å².